The third-order valence-electron chi connectivity index (χ3n) is 4.12. The van der Waals surface area contributed by atoms with Gasteiger partial charge in [0.1, 0.15) is 0 Å². The van der Waals surface area contributed by atoms with Crippen LogP contribution >= 0.6 is 0 Å². The summed E-state index contributed by atoms with van der Waals surface area (Å²) in [6, 6.07) is 6.52. The molecule has 7 heteroatoms. The van der Waals surface area contributed by atoms with E-state index >= 15 is 0 Å². The first-order valence-corrected chi connectivity index (χ1v) is 8.11. The number of benzene rings is 1. The first-order valence-electron chi connectivity index (χ1n) is 8.11. The molecule has 1 amide bonds. The minimum atomic E-state index is -1.000. The minimum absolute atomic E-state index is 0.138. The molecule has 1 aromatic carbocycles. The smallest absolute Gasteiger partial charge is 0.338 e. The van der Waals surface area contributed by atoms with Gasteiger partial charge < -0.3 is 24.9 Å². The van der Waals surface area contributed by atoms with Crippen molar-refractivity contribution in [3.63, 3.8) is 0 Å². The Morgan fingerprint density at radius 3 is 2.38 bits per heavy atom. The molecule has 0 spiro atoms. The maximum absolute atomic E-state index is 12.1. The Balaban J connectivity index is 1.80. The second kappa shape index (κ2) is 8.44. The van der Waals surface area contributed by atoms with Gasteiger partial charge in [-0.05, 0) is 31.2 Å². The van der Waals surface area contributed by atoms with Crippen molar-refractivity contribution >= 4 is 23.5 Å². The van der Waals surface area contributed by atoms with Crippen molar-refractivity contribution in [1.82, 2.24) is 0 Å². The molecular formula is C17H22N2O5. The van der Waals surface area contributed by atoms with E-state index in [0.29, 0.717) is 50.3 Å². The van der Waals surface area contributed by atoms with E-state index in [2.05, 4.69) is 5.32 Å². The molecule has 2 N–H and O–H groups in total. The van der Waals surface area contributed by atoms with Gasteiger partial charge in [0.15, 0.2) is 6.54 Å². The van der Waals surface area contributed by atoms with Crippen LogP contribution in [0, 0.1) is 5.92 Å². The van der Waals surface area contributed by atoms with Crippen LogP contribution in [-0.2, 0) is 14.3 Å². The third kappa shape index (κ3) is 5.06. The van der Waals surface area contributed by atoms with Gasteiger partial charge in [-0.2, -0.15) is 0 Å². The molecule has 1 heterocycles. The Labute approximate surface area is 140 Å². The number of likely N-dealkylation sites (tertiary alicyclic amines) is 1. The lowest BCUT2D eigenvalue weighted by atomic mass is 9.97. The first kappa shape index (κ1) is 17.9. The van der Waals surface area contributed by atoms with E-state index in [1.54, 1.807) is 31.2 Å². The summed E-state index contributed by atoms with van der Waals surface area (Å²) < 4.78 is 4.90. The summed E-state index contributed by atoms with van der Waals surface area (Å²) in [4.78, 5) is 35.5. The maximum Gasteiger partial charge on any atom is 0.338 e. The second-order valence-corrected chi connectivity index (χ2v) is 5.87. The zero-order valence-corrected chi connectivity index (χ0v) is 13.7. The lowest BCUT2D eigenvalue weighted by molar-refractivity contribution is -0.897. The topological polar surface area (TPSA) is 100.0 Å². The Morgan fingerprint density at radius 1 is 1.21 bits per heavy atom. The van der Waals surface area contributed by atoms with Crippen LogP contribution in [0.5, 0.6) is 0 Å². The highest BCUT2D eigenvalue weighted by Crippen LogP contribution is 2.11. The molecule has 130 valence electrons. The largest absolute Gasteiger partial charge is 0.550 e. The van der Waals surface area contributed by atoms with Crippen molar-refractivity contribution in [3.05, 3.63) is 29.8 Å². The Bertz CT molecular complexity index is 592. The molecule has 0 radical (unpaired) electrons. The van der Waals surface area contributed by atoms with Crippen molar-refractivity contribution < 1.29 is 29.1 Å². The van der Waals surface area contributed by atoms with Crippen LogP contribution in [0.3, 0.4) is 0 Å². The Kier molecular flexibility index (Phi) is 6.31. The molecule has 0 aliphatic carbocycles. The highest BCUT2D eigenvalue weighted by Gasteiger charge is 2.24. The number of esters is 1. The number of quaternary nitrogens is 1. The fraction of sp³-hybridized carbons (Fsp3) is 0.471. The van der Waals surface area contributed by atoms with E-state index in [0.717, 1.165) is 4.90 Å². The Morgan fingerprint density at radius 2 is 1.83 bits per heavy atom. The number of amides is 1. The molecule has 2 rings (SSSR count). The summed E-state index contributed by atoms with van der Waals surface area (Å²) in [6.45, 7) is 3.64. The van der Waals surface area contributed by atoms with E-state index in [4.69, 9.17) is 4.74 Å². The van der Waals surface area contributed by atoms with Gasteiger partial charge in [-0.15, -0.1) is 0 Å². The molecule has 1 fully saturated rings. The fourth-order valence-electron chi connectivity index (χ4n) is 2.77. The zero-order valence-electron chi connectivity index (χ0n) is 13.7. The highest BCUT2D eigenvalue weighted by atomic mass is 16.5. The quantitative estimate of drug-likeness (QED) is 0.640. The van der Waals surface area contributed by atoms with E-state index in [9.17, 15) is 19.5 Å². The van der Waals surface area contributed by atoms with Gasteiger partial charge >= 0.3 is 5.97 Å². The highest BCUT2D eigenvalue weighted by molar-refractivity contribution is 5.93. The van der Waals surface area contributed by atoms with Crippen molar-refractivity contribution in [2.75, 3.05) is 31.6 Å². The van der Waals surface area contributed by atoms with Crippen molar-refractivity contribution in [2.45, 2.75) is 19.8 Å². The van der Waals surface area contributed by atoms with Gasteiger partial charge in [-0.25, -0.2) is 4.79 Å². The summed E-state index contributed by atoms with van der Waals surface area (Å²) in [5.41, 5.74) is 1.04. The number of carbonyl (C=O) groups excluding carboxylic acids is 3. The normalized spacial score (nSPS) is 20.2. The zero-order chi connectivity index (χ0) is 17.5. The number of piperidine rings is 1. The van der Waals surface area contributed by atoms with E-state index in [-0.39, 0.29) is 5.91 Å². The maximum atomic E-state index is 12.1. The molecule has 1 aliphatic rings. The number of rotatable bonds is 6. The summed E-state index contributed by atoms with van der Waals surface area (Å²) in [7, 11) is 0. The van der Waals surface area contributed by atoms with Gasteiger partial charge in [-0.1, -0.05) is 0 Å². The van der Waals surface area contributed by atoms with Gasteiger partial charge in [0.2, 0.25) is 0 Å². The van der Waals surface area contributed by atoms with E-state index in [1.165, 1.54) is 0 Å². The Hall–Kier alpha value is -2.41. The molecule has 0 atom stereocenters. The third-order valence-corrected chi connectivity index (χ3v) is 4.12. The van der Waals surface area contributed by atoms with Gasteiger partial charge in [-0.3, -0.25) is 4.79 Å². The van der Waals surface area contributed by atoms with Gasteiger partial charge in [0, 0.05) is 30.4 Å². The van der Waals surface area contributed by atoms with Crippen LogP contribution in [0.1, 0.15) is 30.1 Å². The molecule has 0 aromatic heterocycles. The molecule has 24 heavy (non-hydrogen) atoms. The number of aliphatic carboxylic acids is 1. The van der Waals surface area contributed by atoms with E-state index < -0.39 is 17.9 Å². The summed E-state index contributed by atoms with van der Waals surface area (Å²) in [6.07, 6.45) is 1.08. The average molecular weight is 334 g/mol. The predicted molar refractivity (Wildman–Crippen MR) is 84.3 cm³/mol. The number of nitrogens with one attached hydrogen (secondary N) is 2. The van der Waals surface area contributed by atoms with Crippen LogP contribution in [0.15, 0.2) is 24.3 Å². The number of carboxylic acid groups (broad SMARTS) is 1. The minimum Gasteiger partial charge on any atom is -0.550 e. The first-order chi connectivity index (χ1) is 11.5. The number of hydrogen-bond donors (Lipinski definition) is 2. The molecule has 0 unspecified atom stereocenters. The van der Waals surface area contributed by atoms with Crippen LogP contribution in [0.2, 0.25) is 0 Å². The number of ether oxygens (including phenoxy) is 1. The predicted octanol–water partition coefficient (Wildman–Crippen LogP) is -1.15. The van der Waals surface area contributed by atoms with Crippen LogP contribution in [-0.4, -0.2) is 44.1 Å². The molecule has 1 aromatic rings. The van der Waals surface area contributed by atoms with Crippen LogP contribution < -0.4 is 15.3 Å². The monoisotopic (exact) mass is 334 g/mol. The standard InChI is InChI=1S/C17H22N2O5/c1-2-24-17(23)13-3-5-14(6-4-13)18-15(20)11-19-9-7-12(8-10-19)16(21)22/h3-6,12H,2,7-11H2,1H3,(H,18,20)(H,21,22). The average Bonchev–Trinajstić information content (AvgIpc) is 2.56. The van der Waals surface area contributed by atoms with Crippen molar-refractivity contribution in [3.8, 4) is 0 Å². The molecular weight excluding hydrogens is 312 g/mol. The fourth-order valence-corrected chi connectivity index (χ4v) is 2.77. The van der Waals surface area contributed by atoms with Gasteiger partial charge in [0.25, 0.3) is 5.91 Å². The summed E-state index contributed by atoms with van der Waals surface area (Å²) in [5, 5.41) is 13.6. The molecule has 0 saturated carbocycles. The second-order valence-electron chi connectivity index (χ2n) is 5.87. The van der Waals surface area contributed by atoms with Gasteiger partial charge in [0.05, 0.1) is 25.3 Å². The molecule has 1 saturated heterocycles. The summed E-state index contributed by atoms with van der Waals surface area (Å²) >= 11 is 0. The number of carbonyl (C=O) groups is 3. The number of carboxylic acids is 1. The van der Waals surface area contributed by atoms with E-state index in [1.807, 2.05) is 0 Å². The molecule has 7 nitrogen and oxygen atoms in total. The van der Waals surface area contributed by atoms with Crippen LogP contribution in [0.4, 0.5) is 5.69 Å². The number of hydrogen-bond acceptors (Lipinski definition) is 5. The molecule has 1 aliphatic heterocycles. The lowest BCUT2D eigenvalue weighted by Crippen LogP contribution is -3.14. The lowest BCUT2D eigenvalue weighted by Gasteiger charge is -2.29. The van der Waals surface area contributed by atoms with Crippen LogP contribution in [0.25, 0.3) is 0 Å². The summed E-state index contributed by atoms with van der Waals surface area (Å²) in [5.74, 6) is -1.93. The van der Waals surface area contributed by atoms with Crippen molar-refractivity contribution in [1.29, 1.82) is 0 Å². The SMILES string of the molecule is CCOC(=O)c1ccc(NC(=O)C[NH+]2CCC(C(=O)[O-])CC2)cc1. The van der Waals surface area contributed by atoms with Crippen molar-refractivity contribution in [2.24, 2.45) is 5.92 Å². The number of anilines is 1. The molecule has 0 bridgehead atoms.